The van der Waals surface area contributed by atoms with E-state index >= 15 is 0 Å². The predicted octanol–water partition coefficient (Wildman–Crippen LogP) is 4.35. The highest BCUT2D eigenvalue weighted by molar-refractivity contribution is 6.31. The third-order valence-corrected chi connectivity index (χ3v) is 3.39. The van der Waals surface area contributed by atoms with Crippen molar-refractivity contribution in [3.8, 4) is 11.3 Å². The molecule has 0 atom stereocenters. The van der Waals surface area contributed by atoms with Gasteiger partial charge >= 0.3 is 0 Å². The summed E-state index contributed by atoms with van der Waals surface area (Å²) in [4.78, 5) is 0. The number of nitrogens with zero attached hydrogens (tertiary/aromatic N) is 1. The first-order valence-corrected chi connectivity index (χ1v) is 6.35. The molecule has 0 unspecified atom stereocenters. The van der Waals surface area contributed by atoms with Crippen LogP contribution < -0.4 is 5.73 Å². The summed E-state index contributed by atoms with van der Waals surface area (Å²) in [5.74, 6) is 0. The quantitative estimate of drug-likeness (QED) is 0.670. The summed E-state index contributed by atoms with van der Waals surface area (Å²) in [5, 5.41) is 5.79. The van der Waals surface area contributed by atoms with Crippen LogP contribution in [0.5, 0.6) is 0 Å². The number of benzene rings is 2. The number of nitrogens with two attached hydrogens (primary N) is 1. The van der Waals surface area contributed by atoms with Gasteiger partial charge in [-0.1, -0.05) is 16.8 Å². The Balaban J connectivity index is 2.28. The summed E-state index contributed by atoms with van der Waals surface area (Å²) in [6.07, 6.45) is 0. The molecule has 0 spiro atoms. The van der Waals surface area contributed by atoms with Gasteiger partial charge in [-0.25, -0.2) is 0 Å². The number of aromatic nitrogens is 1. The minimum Gasteiger partial charge on any atom is -0.398 e. The molecule has 96 valence electrons. The first kappa shape index (κ1) is 12.1. The highest BCUT2D eigenvalue weighted by atomic mass is 35.5. The van der Waals surface area contributed by atoms with Crippen LogP contribution in [0.4, 0.5) is 5.69 Å². The average Bonchev–Trinajstić information content (AvgIpc) is 2.71. The maximum atomic E-state index is 6.10. The van der Waals surface area contributed by atoms with E-state index in [1.54, 1.807) is 6.07 Å². The summed E-state index contributed by atoms with van der Waals surface area (Å²) >= 11 is 6.10. The molecule has 1 aromatic heterocycles. The molecule has 0 fully saturated rings. The minimum absolute atomic E-state index is 0.690. The molecule has 4 heteroatoms. The maximum Gasteiger partial charge on any atom is 0.169 e. The standard InChI is InChI=1S/C15H13ClN2O/c1-8-3-10(6-11(16)4-8)15-12-5-9(2)13(17)7-14(12)19-18-15/h3-7H,17H2,1-2H3. The lowest BCUT2D eigenvalue weighted by Crippen LogP contribution is -1.88. The number of aryl methyl sites for hydroxylation is 2. The van der Waals surface area contributed by atoms with Gasteiger partial charge in [-0.15, -0.1) is 0 Å². The lowest BCUT2D eigenvalue weighted by atomic mass is 10.0. The van der Waals surface area contributed by atoms with Crippen molar-refractivity contribution in [2.75, 3.05) is 5.73 Å². The van der Waals surface area contributed by atoms with E-state index in [-0.39, 0.29) is 0 Å². The molecule has 0 aliphatic rings. The lowest BCUT2D eigenvalue weighted by molar-refractivity contribution is 0.459. The van der Waals surface area contributed by atoms with E-state index in [2.05, 4.69) is 5.16 Å². The molecule has 3 rings (SSSR count). The van der Waals surface area contributed by atoms with E-state index in [0.29, 0.717) is 16.3 Å². The van der Waals surface area contributed by atoms with Gasteiger partial charge < -0.3 is 10.3 Å². The predicted molar refractivity (Wildman–Crippen MR) is 78.3 cm³/mol. The van der Waals surface area contributed by atoms with Gasteiger partial charge in [-0.2, -0.15) is 0 Å². The first-order chi connectivity index (χ1) is 9.04. The van der Waals surface area contributed by atoms with Crippen molar-refractivity contribution in [2.24, 2.45) is 0 Å². The number of anilines is 1. The molecule has 2 N–H and O–H groups in total. The molecule has 0 saturated heterocycles. The van der Waals surface area contributed by atoms with E-state index in [4.69, 9.17) is 21.9 Å². The number of hydrogen-bond donors (Lipinski definition) is 1. The van der Waals surface area contributed by atoms with E-state index in [1.807, 2.05) is 38.1 Å². The summed E-state index contributed by atoms with van der Waals surface area (Å²) in [5.41, 5.74) is 11.1. The van der Waals surface area contributed by atoms with Crippen LogP contribution in [0, 0.1) is 13.8 Å². The summed E-state index contributed by atoms with van der Waals surface area (Å²) in [6, 6.07) is 9.63. The summed E-state index contributed by atoms with van der Waals surface area (Å²) in [6.45, 7) is 3.97. The highest BCUT2D eigenvalue weighted by Crippen LogP contribution is 2.32. The molecule has 3 aromatic rings. The normalized spacial score (nSPS) is 11.1. The van der Waals surface area contributed by atoms with Crippen molar-refractivity contribution in [1.82, 2.24) is 5.16 Å². The molecule has 2 aromatic carbocycles. The number of fused-ring (bicyclic) bond motifs is 1. The number of halogens is 1. The molecule has 0 saturated carbocycles. The van der Waals surface area contributed by atoms with Crippen LogP contribution in [-0.2, 0) is 0 Å². The minimum atomic E-state index is 0.690. The average molecular weight is 273 g/mol. The first-order valence-electron chi connectivity index (χ1n) is 5.97. The van der Waals surface area contributed by atoms with Gasteiger partial charge in [0.2, 0.25) is 0 Å². The van der Waals surface area contributed by atoms with Crippen LogP contribution in [0.3, 0.4) is 0 Å². The van der Waals surface area contributed by atoms with Crippen molar-refractivity contribution in [1.29, 1.82) is 0 Å². The third-order valence-electron chi connectivity index (χ3n) is 3.17. The Hall–Kier alpha value is -2.00. The third kappa shape index (κ3) is 2.06. The number of rotatable bonds is 1. The zero-order valence-corrected chi connectivity index (χ0v) is 11.5. The molecule has 0 aliphatic heterocycles. The van der Waals surface area contributed by atoms with Crippen molar-refractivity contribution in [3.63, 3.8) is 0 Å². The fourth-order valence-corrected chi connectivity index (χ4v) is 2.48. The van der Waals surface area contributed by atoms with Gasteiger partial charge in [0, 0.05) is 22.3 Å². The van der Waals surface area contributed by atoms with Crippen LogP contribution in [0.1, 0.15) is 11.1 Å². The van der Waals surface area contributed by atoms with Crippen molar-refractivity contribution >= 4 is 28.3 Å². The second kappa shape index (κ2) is 4.28. The molecule has 0 radical (unpaired) electrons. The van der Waals surface area contributed by atoms with E-state index in [0.717, 1.165) is 27.8 Å². The molecular weight excluding hydrogens is 260 g/mol. The topological polar surface area (TPSA) is 52.0 Å². The number of nitrogen functional groups attached to an aromatic ring is 1. The van der Waals surface area contributed by atoms with Gasteiger partial charge in [-0.05, 0) is 49.2 Å². The maximum absolute atomic E-state index is 6.10. The van der Waals surface area contributed by atoms with Crippen LogP contribution >= 0.6 is 11.6 Å². The van der Waals surface area contributed by atoms with Crippen LogP contribution in [0.2, 0.25) is 5.02 Å². The van der Waals surface area contributed by atoms with Crippen molar-refractivity contribution in [2.45, 2.75) is 13.8 Å². The zero-order chi connectivity index (χ0) is 13.6. The van der Waals surface area contributed by atoms with Gasteiger partial charge in [0.25, 0.3) is 0 Å². The van der Waals surface area contributed by atoms with Gasteiger partial charge in [0.05, 0.1) is 5.39 Å². The Morgan fingerprint density at radius 1 is 1.11 bits per heavy atom. The van der Waals surface area contributed by atoms with Crippen LogP contribution in [0.15, 0.2) is 34.9 Å². The number of hydrogen-bond acceptors (Lipinski definition) is 3. The largest absolute Gasteiger partial charge is 0.398 e. The van der Waals surface area contributed by atoms with Crippen LogP contribution in [0.25, 0.3) is 22.2 Å². The van der Waals surface area contributed by atoms with Gasteiger partial charge in [0.1, 0.15) is 5.69 Å². The lowest BCUT2D eigenvalue weighted by Gasteiger charge is -2.02. The van der Waals surface area contributed by atoms with Crippen LogP contribution in [-0.4, -0.2) is 5.16 Å². The molecule has 1 heterocycles. The fraction of sp³-hybridized carbons (Fsp3) is 0.133. The van der Waals surface area contributed by atoms with E-state index in [1.165, 1.54) is 0 Å². The Labute approximate surface area is 116 Å². The van der Waals surface area contributed by atoms with Gasteiger partial charge in [-0.3, -0.25) is 0 Å². The Morgan fingerprint density at radius 3 is 2.63 bits per heavy atom. The summed E-state index contributed by atoms with van der Waals surface area (Å²) < 4.78 is 5.35. The van der Waals surface area contributed by atoms with E-state index in [9.17, 15) is 0 Å². The Morgan fingerprint density at radius 2 is 1.89 bits per heavy atom. The second-order valence-electron chi connectivity index (χ2n) is 4.75. The molecule has 0 amide bonds. The van der Waals surface area contributed by atoms with E-state index < -0.39 is 0 Å². The molecule has 0 bridgehead atoms. The van der Waals surface area contributed by atoms with Crippen molar-refractivity contribution in [3.05, 3.63) is 46.5 Å². The molecule has 19 heavy (non-hydrogen) atoms. The highest BCUT2D eigenvalue weighted by Gasteiger charge is 2.12. The second-order valence-corrected chi connectivity index (χ2v) is 5.19. The molecule has 3 nitrogen and oxygen atoms in total. The molecule has 0 aliphatic carbocycles. The SMILES string of the molecule is Cc1cc(Cl)cc(-c2noc3cc(N)c(C)cc23)c1. The smallest absolute Gasteiger partial charge is 0.169 e. The Bertz CT molecular complexity index is 757. The zero-order valence-electron chi connectivity index (χ0n) is 10.7. The monoisotopic (exact) mass is 272 g/mol. The van der Waals surface area contributed by atoms with Gasteiger partial charge in [0.15, 0.2) is 5.58 Å². The molecular formula is C15H13ClN2O. The Kier molecular flexibility index (Phi) is 2.72. The fourth-order valence-electron chi connectivity index (χ4n) is 2.19. The van der Waals surface area contributed by atoms with Crippen molar-refractivity contribution < 1.29 is 4.52 Å². The summed E-state index contributed by atoms with van der Waals surface area (Å²) in [7, 11) is 0.